The number of nitrogens with zero attached hydrogens (tertiary/aromatic N) is 5. The molecule has 134 valence electrons. The molecule has 0 spiro atoms. The Hall–Kier alpha value is -2.79. The normalized spacial score (nSPS) is 15.1. The maximum atomic E-state index is 11.5. The van der Waals surface area contributed by atoms with Gasteiger partial charge in [-0.15, -0.1) is 0 Å². The highest BCUT2D eigenvalue weighted by atomic mass is 16.6. The Morgan fingerprint density at radius 3 is 2.76 bits per heavy atom. The molecule has 1 aliphatic rings. The number of anilines is 3. The van der Waals surface area contributed by atoms with Gasteiger partial charge in [0.2, 0.25) is 11.6 Å². The molecule has 0 saturated carbocycles. The van der Waals surface area contributed by atoms with E-state index in [0.29, 0.717) is 31.3 Å². The standard InChI is InChI=1S/C14H19N7O4/c1-10-8-11(19-25-10)18-14-12(21(22)23)13(16-9-17-14)15-2-3-20-4-6-24-7-5-20/h8-9H,2-7H2,1H3,(H2,15,16,17,18,19). The smallest absolute Gasteiger partial charge is 0.353 e. The van der Waals surface area contributed by atoms with Crippen molar-refractivity contribution in [3.05, 3.63) is 28.3 Å². The van der Waals surface area contributed by atoms with E-state index in [4.69, 9.17) is 9.26 Å². The second-order valence-electron chi connectivity index (χ2n) is 5.51. The van der Waals surface area contributed by atoms with Crippen LogP contribution in [0.25, 0.3) is 0 Å². The monoisotopic (exact) mass is 349 g/mol. The molecule has 11 heteroatoms. The van der Waals surface area contributed by atoms with E-state index in [1.807, 2.05) is 0 Å². The molecule has 0 aromatic carbocycles. The lowest BCUT2D eigenvalue weighted by atomic mass is 10.4. The summed E-state index contributed by atoms with van der Waals surface area (Å²) >= 11 is 0. The lowest BCUT2D eigenvalue weighted by molar-refractivity contribution is -0.383. The van der Waals surface area contributed by atoms with Gasteiger partial charge in [0.25, 0.3) is 0 Å². The number of hydrogen-bond acceptors (Lipinski definition) is 10. The second kappa shape index (κ2) is 7.85. The summed E-state index contributed by atoms with van der Waals surface area (Å²) in [6.45, 7) is 6.12. The molecule has 2 aromatic rings. The molecule has 25 heavy (non-hydrogen) atoms. The third-order valence-corrected chi connectivity index (χ3v) is 3.70. The van der Waals surface area contributed by atoms with Gasteiger partial charge in [0.15, 0.2) is 5.82 Å². The van der Waals surface area contributed by atoms with Crippen LogP contribution < -0.4 is 10.6 Å². The van der Waals surface area contributed by atoms with Crippen molar-refractivity contribution in [1.29, 1.82) is 0 Å². The highest BCUT2D eigenvalue weighted by molar-refractivity contribution is 5.72. The minimum atomic E-state index is -0.521. The van der Waals surface area contributed by atoms with Crippen molar-refractivity contribution in [2.24, 2.45) is 0 Å². The molecule has 2 N–H and O–H groups in total. The van der Waals surface area contributed by atoms with Gasteiger partial charge in [-0.25, -0.2) is 9.97 Å². The molecule has 1 aliphatic heterocycles. The van der Waals surface area contributed by atoms with Gasteiger partial charge in [0.1, 0.15) is 12.1 Å². The number of nitrogens with one attached hydrogen (secondary N) is 2. The predicted octanol–water partition coefficient (Wildman–Crippen LogP) is 1.17. The number of morpholine rings is 1. The molecule has 0 amide bonds. The fourth-order valence-corrected chi connectivity index (χ4v) is 2.48. The van der Waals surface area contributed by atoms with Crippen molar-refractivity contribution >= 4 is 23.1 Å². The Morgan fingerprint density at radius 1 is 1.32 bits per heavy atom. The van der Waals surface area contributed by atoms with Crippen molar-refractivity contribution in [3.63, 3.8) is 0 Å². The van der Waals surface area contributed by atoms with Gasteiger partial charge in [0, 0.05) is 32.2 Å². The molecule has 0 unspecified atom stereocenters. The highest BCUT2D eigenvalue weighted by Gasteiger charge is 2.24. The second-order valence-corrected chi connectivity index (χ2v) is 5.51. The van der Waals surface area contributed by atoms with Crippen molar-refractivity contribution in [3.8, 4) is 0 Å². The Kier molecular flexibility index (Phi) is 5.36. The first-order valence-corrected chi connectivity index (χ1v) is 7.87. The Bertz CT molecular complexity index is 730. The zero-order valence-electron chi connectivity index (χ0n) is 13.8. The van der Waals surface area contributed by atoms with Crippen LogP contribution in [0.15, 0.2) is 16.9 Å². The summed E-state index contributed by atoms with van der Waals surface area (Å²) in [6.07, 6.45) is 1.26. The van der Waals surface area contributed by atoms with Crippen LogP contribution in [-0.4, -0.2) is 64.3 Å². The molecule has 2 aromatic heterocycles. The van der Waals surface area contributed by atoms with Gasteiger partial charge in [-0.05, 0) is 6.92 Å². The third-order valence-electron chi connectivity index (χ3n) is 3.70. The average molecular weight is 349 g/mol. The number of ether oxygens (including phenoxy) is 1. The lowest BCUT2D eigenvalue weighted by Gasteiger charge is -2.26. The minimum Gasteiger partial charge on any atom is -0.379 e. The molecular weight excluding hydrogens is 330 g/mol. The lowest BCUT2D eigenvalue weighted by Crippen LogP contribution is -2.39. The molecule has 0 aliphatic carbocycles. The fourth-order valence-electron chi connectivity index (χ4n) is 2.48. The average Bonchev–Trinajstić information content (AvgIpc) is 3.00. The van der Waals surface area contributed by atoms with E-state index in [2.05, 4.69) is 30.7 Å². The largest absolute Gasteiger partial charge is 0.379 e. The van der Waals surface area contributed by atoms with Crippen molar-refractivity contribution in [2.45, 2.75) is 6.92 Å². The predicted molar refractivity (Wildman–Crippen MR) is 89.0 cm³/mol. The first-order chi connectivity index (χ1) is 12.1. The summed E-state index contributed by atoms with van der Waals surface area (Å²) in [6, 6.07) is 1.62. The molecule has 1 fully saturated rings. The van der Waals surface area contributed by atoms with Crippen LogP contribution in [0.3, 0.4) is 0 Å². The maximum Gasteiger partial charge on any atom is 0.353 e. The highest BCUT2D eigenvalue weighted by Crippen LogP contribution is 2.30. The van der Waals surface area contributed by atoms with Crippen LogP contribution in [0.1, 0.15) is 5.76 Å². The van der Waals surface area contributed by atoms with Crippen LogP contribution >= 0.6 is 0 Å². The van der Waals surface area contributed by atoms with E-state index in [-0.39, 0.29) is 17.3 Å². The van der Waals surface area contributed by atoms with Gasteiger partial charge in [-0.1, -0.05) is 5.16 Å². The van der Waals surface area contributed by atoms with E-state index in [9.17, 15) is 10.1 Å². The number of rotatable bonds is 7. The van der Waals surface area contributed by atoms with Gasteiger partial charge in [0.05, 0.1) is 18.1 Å². The summed E-state index contributed by atoms with van der Waals surface area (Å²) in [7, 11) is 0. The van der Waals surface area contributed by atoms with Crippen LogP contribution in [0.4, 0.5) is 23.1 Å². The van der Waals surface area contributed by atoms with Crippen LogP contribution in [0.2, 0.25) is 0 Å². The first kappa shape index (κ1) is 17.0. The Labute approximate surface area is 143 Å². The van der Waals surface area contributed by atoms with Gasteiger partial charge < -0.3 is 19.9 Å². The molecule has 3 heterocycles. The molecule has 1 saturated heterocycles. The Balaban J connectivity index is 1.69. The SMILES string of the molecule is Cc1cc(Nc2ncnc(NCCN3CCOCC3)c2[N+](=O)[O-])no1. The van der Waals surface area contributed by atoms with Crippen molar-refractivity contribution in [2.75, 3.05) is 50.0 Å². The summed E-state index contributed by atoms with van der Waals surface area (Å²) < 4.78 is 10.2. The zero-order chi connectivity index (χ0) is 17.6. The first-order valence-electron chi connectivity index (χ1n) is 7.87. The van der Waals surface area contributed by atoms with E-state index >= 15 is 0 Å². The number of hydrogen-bond donors (Lipinski definition) is 2. The van der Waals surface area contributed by atoms with Crippen LogP contribution in [0, 0.1) is 17.0 Å². The Morgan fingerprint density at radius 2 is 2.08 bits per heavy atom. The van der Waals surface area contributed by atoms with Crippen LogP contribution in [0.5, 0.6) is 0 Å². The molecular formula is C14H19N7O4. The number of aromatic nitrogens is 3. The summed E-state index contributed by atoms with van der Waals surface area (Å²) in [5.41, 5.74) is -0.231. The molecule has 0 radical (unpaired) electrons. The van der Waals surface area contributed by atoms with E-state index < -0.39 is 4.92 Å². The zero-order valence-corrected chi connectivity index (χ0v) is 13.8. The van der Waals surface area contributed by atoms with E-state index in [0.717, 1.165) is 19.6 Å². The molecule has 0 bridgehead atoms. The van der Waals surface area contributed by atoms with Gasteiger partial charge >= 0.3 is 5.69 Å². The van der Waals surface area contributed by atoms with E-state index in [1.165, 1.54) is 6.33 Å². The topological polar surface area (TPSA) is 131 Å². The number of nitro groups is 1. The summed E-state index contributed by atoms with van der Waals surface area (Å²) in [5.74, 6) is 1.15. The van der Waals surface area contributed by atoms with Crippen molar-refractivity contribution in [1.82, 2.24) is 20.0 Å². The fraction of sp³-hybridized carbons (Fsp3) is 0.500. The number of aryl methyl sites for hydroxylation is 1. The molecule has 3 rings (SSSR count). The van der Waals surface area contributed by atoms with Crippen LogP contribution in [-0.2, 0) is 4.74 Å². The summed E-state index contributed by atoms with van der Waals surface area (Å²) in [4.78, 5) is 21.1. The minimum absolute atomic E-state index is 0.0576. The molecule has 11 nitrogen and oxygen atoms in total. The van der Waals surface area contributed by atoms with Crippen molar-refractivity contribution < 1.29 is 14.2 Å². The maximum absolute atomic E-state index is 11.5. The van der Waals surface area contributed by atoms with Gasteiger partial charge in [-0.2, -0.15) is 0 Å². The summed E-state index contributed by atoms with van der Waals surface area (Å²) in [5, 5.41) is 21.0. The van der Waals surface area contributed by atoms with Gasteiger partial charge in [-0.3, -0.25) is 15.0 Å². The quantitative estimate of drug-likeness (QED) is 0.554. The third kappa shape index (κ3) is 4.39. The van der Waals surface area contributed by atoms with E-state index in [1.54, 1.807) is 13.0 Å². The molecule has 0 atom stereocenters.